The quantitative estimate of drug-likeness (QED) is 0.373. The van der Waals surface area contributed by atoms with E-state index in [1.165, 1.54) is 0 Å². The standard InChI is InChI=1S/C21H13Cl2NO3/c22-15-5-7-16(8-6-15)26-17-9-10-18-19(12-17)27-21(24-18)14-3-1-13(2-4-14)11-20(23)25/h1-10,12H,11H2. The number of aromatic nitrogens is 1. The molecule has 3 aromatic carbocycles. The van der Waals surface area contributed by atoms with Crippen molar-refractivity contribution in [2.24, 2.45) is 0 Å². The van der Waals surface area contributed by atoms with Gasteiger partial charge in [0.1, 0.15) is 17.0 Å². The molecule has 0 saturated heterocycles. The molecule has 4 nitrogen and oxygen atoms in total. The summed E-state index contributed by atoms with van der Waals surface area (Å²) < 4.78 is 11.7. The van der Waals surface area contributed by atoms with Crippen LogP contribution in [0, 0.1) is 0 Å². The molecule has 0 unspecified atom stereocenters. The first kappa shape index (κ1) is 17.6. The van der Waals surface area contributed by atoms with Crippen LogP contribution in [0.25, 0.3) is 22.6 Å². The van der Waals surface area contributed by atoms with Crippen LogP contribution in [0.2, 0.25) is 5.02 Å². The Morgan fingerprint density at radius 2 is 1.67 bits per heavy atom. The van der Waals surface area contributed by atoms with E-state index in [0.717, 1.165) is 16.6 Å². The number of hydrogen-bond acceptors (Lipinski definition) is 4. The second-order valence-electron chi connectivity index (χ2n) is 5.93. The Balaban J connectivity index is 1.58. The second-order valence-corrected chi connectivity index (χ2v) is 6.79. The van der Waals surface area contributed by atoms with Crippen LogP contribution >= 0.6 is 23.2 Å². The number of oxazole rings is 1. The van der Waals surface area contributed by atoms with Crippen molar-refractivity contribution in [1.82, 2.24) is 4.98 Å². The minimum Gasteiger partial charge on any atom is -0.457 e. The monoisotopic (exact) mass is 397 g/mol. The van der Waals surface area contributed by atoms with Crippen LogP contribution < -0.4 is 4.74 Å². The van der Waals surface area contributed by atoms with E-state index in [-0.39, 0.29) is 6.42 Å². The number of ether oxygens (including phenoxy) is 1. The van der Waals surface area contributed by atoms with Gasteiger partial charge in [0.15, 0.2) is 5.58 Å². The van der Waals surface area contributed by atoms with Crippen LogP contribution in [0.1, 0.15) is 5.56 Å². The lowest BCUT2D eigenvalue weighted by atomic mass is 10.1. The van der Waals surface area contributed by atoms with Crippen LogP contribution in [0.4, 0.5) is 0 Å². The Hall–Kier alpha value is -2.82. The molecule has 0 spiro atoms. The van der Waals surface area contributed by atoms with Gasteiger partial charge >= 0.3 is 0 Å². The van der Waals surface area contributed by atoms with Gasteiger partial charge in [-0.05, 0) is 65.7 Å². The Kier molecular flexibility index (Phi) is 4.84. The maximum absolute atomic E-state index is 11.0. The lowest BCUT2D eigenvalue weighted by molar-refractivity contribution is -0.111. The van der Waals surface area contributed by atoms with E-state index in [2.05, 4.69) is 4.98 Å². The van der Waals surface area contributed by atoms with Gasteiger partial charge in [-0.3, -0.25) is 4.79 Å². The minimum absolute atomic E-state index is 0.195. The first-order valence-corrected chi connectivity index (χ1v) is 8.94. The average molecular weight is 398 g/mol. The van der Waals surface area contributed by atoms with Crippen LogP contribution in [0.3, 0.4) is 0 Å². The second kappa shape index (κ2) is 7.43. The highest BCUT2D eigenvalue weighted by atomic mass is 35.5. The summed E-state index contributed by atoms with van der Waals surface area (Å²) in [6.07, 6.45) is 0.195. The predicted molar refractivity (Wildman–Crippen MR) is 106 cm³/mol. The van der Waals surface area contributed by atoms with E-state index in [9.17, 15) is 4.79 Å². The number of halogens is 2. The normalized spacial score (nSPS) is 10.9. The third-order valence-electron chi connectivity index (χ3n) is 3.95. The molecule has 0 atom stereocenters. The summed E-state index contributed by atoms with van der Waals surface area (Å²) >= 11 is 11.3. The third kappa shape index (κ3) is 4.13. The molecule has 0 N–H and O–H groups in total. The van der Waals surface area contributed by atoms with Gasteiger partial charge in [-0.25, -0.2) is 4.98 Å². The van der Waals surface area contributed by atoms with Crippen LogP contribution in [-0.2, 0) is 11.2 Å². The molecule has 0 fully saturated rings. The molecule has 134 valence electrons. The van der Waals surface area contributed by atoms with E-state index >= 15 is 0 Å². The summed E-state index contributed by atoms with van der Waals surface area (Å²) in [7, 11) is 0. The van der Waals surface area contributed by atoms with Gasteiger partial charge in [0.2, 0.25) is 11.1 Å². The van der Waals surface area contributed by atoms with E-state index < -0.39 is 5.24 Å². The van der Waals surface area contributed by atoms with Crippen molar-refractivity contribution in [2.75, 3.05) is 0 Å². The highest BCUT2D eigenvalue weighted by Gasteiger charge is 2.10. The molecule has 0 aliphatic carbocycles. The van der Waals surface area contributed by atoms with Crippen LogP contribution in [0.15, 0.2) is 71.1 Å². The molecule has 4 aromatic rings. The van der Waals surface area contributed by atoms with Crippen LogP contribution in [0.5, 0.6) is 11.5 Å². The molecule has 0 amide bonds. The first-order chi connectivity index (χ1) is 13.1. The van der Waals surface area contributed by atoms with Crippen molar-refractivity contribution in [3.63, 3.8) is 0 Å². The Bertz CT molecular complexity index is 1100. The summed E-state index contributed by atoms with van der Waals surface area (Å²) in [5, 5.41) is 0.261. The van der Waals surface area contributed by atoms with Crippen molar-refractivity contribution in [2.45, 2.75) is 6.42 Å². The summed E-state index contributed by atoms with van der Waals surface area (Å²) in [6.45, 7) is 0. The third-order valence-corrected chi connectivity index (χ3v) is 4.34. The van der Waals surface area contributed by atoms with E-state index in [0.29, 0.717) is 28.0 Å². The predicted octanol–water partition coefficient (Wildman–Crippen LogP) is 6.25. The number of carbonyl (C=O) groups excluding carboxylic acids is 1. The van der Waals surface area contributed by atoms with Crippen molar-refractivity contribution in [3.05, 3.63) is 77.3 Å². The van der Waals surface area contributed by atoms with Gasteiger partial charge in [-0.1, -0.05) is 23.7 Å². The van der Waals surface area contributed by atoms with Crippen LogP contribution in [-0.4, -0.2) is 10.2 Å². The highest BCUT2D eigenvalue weighted by molar-refractivity contribution is 6.63. The summed E-state index contributed by atoms with van der Waals surface area (Å²) in [6, 6.07) is 20.0. The van der Waals surface area contributed by atoms with Gasteiger partial charge in [0, 0.05) is 23.1 Å². The average Bonchev–Trinajstić information content (AvgIpc) is 3.07. The van der Waals surface area contributed by atoms with Gasteiger partial charge in [-0.15, -0.1) is 0 Å². The molecule has 0 saturated carbocycles. The van der Waals surface area contributed by atoms with Crippen molar-refractivity contribution >= 4 is 39.5 Å². The minimum atomic E-state index is -0.391. The topological polar surface area (TPSA) is 52.3 Å². The zero-order valence-corrected chi connectivity index (χ0v) is 15.5. The number of carbonyl (C=O) groups is 1. The Labute approximate surface area is 165 Å². The molecular weight excluding hydrogens is 385 g/mol. The van der Waals surface area contributed by atoms with Gasteiger partial charge in [-0.2, -0.15) is 0 Å². The largest absolute Gasteiger partial charge is 0.457 e. The molecular formula is C21H13Cl2NO3. The molecule has 1 aromatic heterocycles. The Morgan fingerprint density at radius 3 is 2.37 bits per heavy atom. The molecule has 4 rings (SSSR count). The number of hydrogen-bond donors (Lipinski definition) is 0. The van der Waals surface area contributed by atoms with Crippen molar-refractivity contribution < 1.29 is 13.9 Å². The lowest BCUT2D eigenvalue weighted by Gasteiger charge is -2.04. The SMILES string of the molecule is O=C(Cl)Cc1ccc(-c2nc3ccc(Oc4ccc(Cl)cc4)cc3o2)cc1. The number of benzene rings is 3. The maximum atomic E-state index is 11.0. The Morgan fingerprint density at radius 1 is 0.963 bits per heavy atom. The summed E-state index contributed by atoms with van der Waals surface area (Å²) in [5.74, 6) is 1.82. The number of fused-ring (bicyclic) bond motifs is 1. The number of nitrogens with zero attached hydrogens (tertiary/aromatic N) is 1. The molecule has 1 heterocycles. The van der Waals surface area contributed by atoms with Crippen molar-refractivity contribution in [3.8, 4) is 23.0 Å². The zero-order chi connectivity index (χ0) is 18.8. The number of rotatable bonds is 5. The van der Waals surface area contributed by atoms with E-state index in [1.54, 1.807) is 30.3 Å². The van der Waals surface area contributed by atoms with E-state index in [4.69, 9.17) is 32.4 Å². The highest BCUT2D eigenvalue weighted by Crippen LogP contribution is 2.30. The molecule has 27 heavy (non-hydrogen) atoms. The fourth-order valence-electron chi connectivity index (χ4n) is 2.66. The van der Waals surface area contributed by atoms with E-state index in [1.807, 2.05) is 36.4 Å². The molecule has 0 radical (unpaired) electrons. The first-order valence-electron chi connectivity index (χ1n) is 8.18. The van der Waals surface area contributed by atoms with Gasteiger partial charge < -0.3 is 9.15 Å². The van der Waals surface area contributed by atoms with Crippen molar-refractivity contribution in [1.29, 1.82) is 0 Å². The molecule has 0 aliphatic heterocycles. The van der Waals surface area contributed by atoms with Gasteiger partial charge in [0.05, 0.1) is 0 Å². The molecule has 0 bridgehead atoms. The molecule has 0 aliphatic rings. The summed E-state index contributed by atoms with van der Waals surface area (Å²) in [5.41, 5.74) is 3.01. The maximum Gasteiger partial charge on any atom is 0.227 e. The lowest BCUT2D eigenvalue weighted by Crippen LogP contribution is -1.92. The smallest absolute Gasteiger partial charge is 0.227 e. The molecule has 6 heteroatoms. The fraction of sp³-hybridized carbons (Fsp3) is 0.0476. The fourth-order valence-corrected chi connectivity index (χ4v) is 2.94. The zero-order valence-electron chi connectivity index (χ0n) is 14.0. The van der Waals surface area contributed by atoms with Gasteiger partial charge in [0.25, 0.3) is 0 Å². The summed E-state index contributed by atoms with van der Waals surface area (Å²) in [4.78, 5) is 15.5.